The van der Waals surface area contributed by atoms with E-state index in [1.54, 1.807) is 25.6 Å². The largest absolute Gasteiger partial charge is 0.368 e. The van der Waals surface area contributed by atoms with Crippen molar-refractivity contribution in [2.75, 3.05) is 20.8 Å². The zero-order chi connectivity index (χ0) is 12.3. The lowest BCUT2D eigenvalue weighted by Crippen LogP contribution is -2.30. The van der Waals surface area contributed by atoms with Gasteiger partial charge in [-0.05, 0) is 26.2 Å². The smallest absolute Gasteiger partial charge is 0.201 e. The van der Waals surface area contributed by atoms with Crippen LogP contribution in [0.2, 0.25) is 0 Å². The van der Waals surface area contributed by atoms with Crippen molar-refractivity contribution < 1.29 is 14.2 Å². The molecular formula is C12H19NO3S. The zero-order valence-electron chi connectivity index (χ0n) is 10.6. The highest BCUT2D eigenvalue weighted by Gasteiger charge is 2.33. The van der Waals surface area contributed by atoms with Crippen LogP contribution in [0.4, 0.5) is 0 Å². The minimum Gasteiger partial charge on any atom is -0.368 e. The Hall–Kier alpha value is -0.490. The Morgan fingerprint density at radius 2 is 2.18 bits per heavy atom. The summed E-state index contributed by atoms with van der Waals surface area (Å²) in [4.78, 5) is 4.59. The Bertz CT molecular complexity index is 356. The van der Waals surface area contributed by atoms with Gasteiger partial charge in [-0.3, -0.25) is 0 Å². The van der Waals surface area contributed by atoms with Gasteiger partial charge in [-0.1, -0.05) is 0 Å². The van der Waals surface area contributed by atoms with Gasteiger partial charge in [0, 0.05) is 26.2 Å². The van der Waals surface area contributed by atoms with E-state index in [9.17, 15) is 0 Å². The van der Waals surface area contributed by atoms with Crippen molar-refractivity contribution in [1.82, 2.24) is 4.98 Å². The number of aromatic nitrogens is 1. The topological polar surface area (TPSA) is 40.6 Å². The van der Waals surface area contributed by atoms with Crippen molar-refractivity contribution in [3.63, 3.8) is 0 Å². The first-order valence-corrected chi connectivity index (χ1v) is 6.73. The molecular weight excluding hydrogens is 238 g/mol. The van der Waals surface area contributed by atoms with Crippen LogP contribution in [0, 0.1) is 0 Å². The van der Waals surface area contributed by atoms with Gasteiger partial charge in [-0.25, -0.2) is 4.98 Å². The Morgan fingerprint density at radius 1 is 1.41 bits per heavy atom. The number of hydrogen-bond donors (Lipinski definition) is 0. The molecule has 1 unspecified atom stereocenters. The first kappa shape index (κ1) is 13.0. The maximum absolute atomic E-state index is 5.88. The van der Waals surface area contributed by atoms with E-state index < -0.39 is 0 Å². The summed E-state index contributed by atoms with van der Waals surface area (Å²) in [6.45, 7) is 2.94. The molecule has 1 aromatic heterocycles. The van der Waals surface area contributed by atoms with Crippen LogP contribution in [0.3, 0.4) is 0 Å². The van der Waals surface area contributed by atoms with Crippen LogP contribution in [-0.2, 0) is 19.8 Å². The summed E-state index contributed by atoms with van der Waals surface area (Å²) in [7, 11) is 3.23. The molecule has 2 rings (SSSR count). The molecule has 17 heavy (non-hydrogen) atoms. The average molecular weight is 257 g/mol. The Balaban J connectivity index is 2.16. The van der Waals surface area contributed by atoms with E-state index in [1.165, 1.54) is 6.42 Å². The van der Waals surface area contributed by atoms with E-state index in [0.717, 1.165) is 30.2 Å². The van der Waals surface area contributed by atoms with Gasteiger partial charge < -0.3 is 14.2 Å². The molecule has 0 amide bonds. The van der Waals surface area contributed by atoms with Gasteiger partial charge in [0.15, 0.2) is 0 Å². The van der Waals surface area contributed by atoms with Crippen LogP contribution in [0.1, 0.15) is 43.2 Å². The summed E-state index contributed by atoms with van der Waals surface area (Å²) in [5.74, 6) is 0. The summed E-state index contributed by atoms with van der Waals surface area (Å²) in [5.41, 5.74) is 0.595. The normalized spacial score (nSPS) is 25.4. The molecule has 2 heterocycles. The summed E-state index contributed by atoms with van der Waals surface area (Å²) in [5, 5.41) is 3.00. The van der Waals surface area contributed by atoms with Crippen molar-refractivity contribution in [3.8, 4) is 0 Å². The summed E-state index contributed by atoms with van der Waals surface area (Å²) in [6, 6.07) is 0. The minimum atomic E-state index is -0.382. The fourth-order valence-corrected chi connectivity index (χ4v) is 3.04. The van der Waals surface area contributed by atoms with Gasteiger partial charge in [0.1, 0.15) is 16.3 Å². The molecule has 1 aromatic rings. The molecule has 1 aliphatic heterocycles. The first-order valence-electron chi connectivity index (χ1n) is 5.85. The van der Waals surface area contributed by atoms with Gasteiger partial charge in [0.05, 0.1) is 0 Å². The summed E-state index contributed by atoms with van der Waals surface area (Å²) >= 11 is 1.62. The van der Waals surface area contributed by atoms with Crippen LogP contribution < -0.4 is 0 Å². The predicted octanol–water partition coefficient (Wildman–Crippen LogP) is 2.85. The monoisotopic (exact) mass is 257 g/mol. The molecule has 0 radical (unpaired) electrons. The fourth-order valence-electron chi connectivity index (χ4n) is 2.08. The molecule has 0 aliphatic carbocycles. The van der Waals surface area contributed by atoms with Crippen LogP contribution in [0.25, 0.3) is 0 Å². The molecule has 4 nitrogen and oxygen atoms in total. The van der Waals surface area contributed by atoms with E-state index in [-0.39, 0.29) is 11.9 Å². The molecule has 5 heteroatoms. The van der Waals surface area contributed by atoms with Gasteiger partial charge in [0.2, 0.25) is 6.29 Å². The van der Waals surface area contributed by atoms with Crippen molar-refractivity contribution in [2.45, 2.75) is 38.1 Å². The van der Waals surface area contributed by atoms with Crippen LogP contribution >= 0.6 is 11.3 Å². The zero-order valence-corrected chi connectivity index (χ0v) is 11.4. The Labute approximate surface area is 106 Å². The molecule has 1 saturated heterocycles. The second-order valence-corrected chi connectivity index (χ2v) is 5.28. The van der Waals surface area contributed by atoms with Crippen molar-refractivity contribution in [3.05, 3.63) is 16.1 Å². The Morgan fingerprint density at radius 3 is 2.76 bits per heavy atom. The number of methoxy groups -OCH3 is 2. The summed E-state index contributed by atoms with van der Waals surface area (Å²) < 4.78 is 16.3. The predicted molar refractivity (Wildman–Crippen MR) is 66.0 cm³/mol. The van der Waals surface area contributed by atoms with Gasteiger partial charge in [-0.2, -0.15) is 0 Å². The highest BCUT2D eigenvalue weighted by molar-refractivity contribution is 7.09. The van der Waals surface area contributed by atoms with Gasteiger partial charge in [-0.15, -0.1) is 11.3 Å². The van der Waals surface area contributed by atoms with Crippen LogP contribution in [-0.4, -0.2) is 25.8 Å². The second-order valence-electron chi connectivity index (χ2n) is 4.42. The molecule has 1 atom stereocenters. The summed E-state index contributed by atoms with van der Waals surface area (Å²) in [6.07, 6.45) is 2.99. The second kappa shape index (κ2) is 5.44. The lowest BCUT2D eigenvalue weighted by Gasteiger charge is -2.31. The third kappa shape index (κ3) is 2.68. The highest BCUT2D eigenvalue weighted by Crippen LogP contribution is 2.37. The lowest BCUT2D eigenvalue weighted by atomic mass is 9.97. The SMILES string of the molecule is COC(OC)c1csc(C2(C)CCCCO2)n1. The number of ether oxygens (including phenoxy) is 3. The van der Waals surface area contributed by atoms with Crippen molar-refractivity contribution >= 4 is 11.3 Å². The molecule has 0 spiro atoms. The first-order chi connectivity index (χ1) is 8.19. The molecule has 0 N–H and O–H groups in total. The number of nitrogens with zero attached hydrogens (tertiary/aromatic N) is 1. The standard InChI is InChI=1S/C12H19NO3S/c1-12(6-4-5-7-16-12)11-13-9(8-17-11)10(14-2)15-3/h8,10H,4-7H2,1-3H3. The van der Waals surface area contributed by atoms with E-state index in [4.69, 9.17) is 14.2 Å². The van der Waals surface area contributed by atoms with E-state index >= 15 is 0 Å². The molecule has 0 saturated carbocycles. The fraction of sp³-hybridized carbons (Fsp3) is 0.750. The van der Waals surface area contributed by atoms with E-state index in [1.807, 2.05) is 5.38 Å². The Kier molecular flexibility index (Phi) is 4.14. The van der Waals surface area contributed by atoms with Crippen LogP contribution in [0.5, 0.6) is 0 Å². The highest BCUT2D eigenvalue weighted by atomic mass is 32.1. The maximum atomic E-state index is 5.88. The minimum absolute atomic E-state index is 0.229. The molecule has 0 aromatic carbocycles. The molecule has 96 valence electrons. The lowest BCUT2D eigenvalue weighted by molar-refractivity contribution is -0.109. The number of thiazole rings is 1. The molecule has 0 bridgehead atoms. The van der Waals surface area contributed by atoms with Gasteiger partial charge in [0.25, 0.3) is 0 Å². The quantitative estimate of drug-likeness (QED) is 0.778. The third-order valence-electron chi connectivity index (χ3n) is 3.11. The molecule has 1 fully saturated rings. The van der Waals surface area contributed by atoms with Crippen molar-refractivity contribution in [2.24, 2.45) is 0 Å². The van der Waals surface area contributed by atoms with Gasteiger partial charge >= 0.3 is 0 Å². The number of hydrogen-bond acceptors (Lipinski definition) is 5. The molecule has 1 aliphatic rings. The average Bonchev–Trinajstić information content (AvgIpc) is 2.82. The van der Waals surface area contributed by atoms with Crippen LogP contribution in [0.15, 0.2) is 5.38 Å². The van der Waals surface area contributed by atoms with Crippen molar-refractivity contribution in [1.29, 1.82) is 0 Å². The maximum Gasteiger partial charge on any atom is 0.201 e. The van der Waals surface area contributed by atoms with E-state index in [0.29, 0.717) is 0 Å². The number of rotatable bonds is 4. The van der Waals surface area contributed by atoms with E-state index in [2.05, 4.69) is 11.9 Å². The third-order valence-corrected chi connectivity index (χ3v) is 4.22.